The average Bonchev–Trinajstić information content (AvgIpc) is 2.63. The van der Waals surface area contributed by atoms with Crippen LogP contribution in [0.3, 0.4) is 0 Å². The summed E-state index contributed by atoms with van der Waals surface area (Å²) in [5.74, 6) is -2.14. The van der Waals surface area contributed by atoms with Crippen LogP contribution in [0.1, 0.15) is 18.4 Å². The number of aliphatic carboxylic acids is 1. The highest BCUT2D eigenvalue weighted by atomic mass is 19.1. The molecule has 2 rings (SSSR count). The maximum atomic E-state index is 13.0. The first-order chi connectivity index (χ1) is 8.06. The lowest BCUT2D eigenvalue weighted by atomic mass is 10.1. The Kier molecular flexibility index (Phi) is 3.38. The summed E-state index contributed by atoms with van der Waals surface area (Å²) in [6.45, 7) is 0.917. The molecule has 0 radical (unpaired) electrons. The van der Waals surface area contributed by atoms with Crippen LogP contribution in [-0.2, 0) is 11.3 Å². The molecule has 3 nitrogen and oxygen atoms in total. The van der Waals surface area contributed by atoms with Crippen LogP contribution in [0.5, 0.6) is 0 Å². The second-order valence-corrected chi connectivity index (χ2v) is 4.24. The number of carboxylic acid groups (broad SMARTS) is 1. The number of benzene rings is 1. The average molecular weight is 241 g/mol. The van der Waals surface area contributed by atoms with Crippen molar-refractivity contribution in [3.63, 3.8) is 0 Å². The number of nitrogens with zero attached hydrogens (tertiary/aromatic N) is 1. The van der Waals surface area contributed by atoms with Crippen LogP contribution in [0.2, 0.25) is 0 Å². The summed E-state index contributed by atoms with van der Waals surface area (Å²) in [6.07, 6.45) is 1.39. The van der Waals surface area contributed by atoms with Crippen molar-refractivity contribution in [1.82, 2.24) is 4.90 Å². The van der Waals surface area contributed by atoms with Crippen LogP contribution in [-0.4, -0.2) is 28.6 Å². The normalized spacial score (nSPS) is 20.7. The van der Waals surface area contributed by atoms with Crippen LogP contribution in [0, 0.1) is 11.6 Å². The van der Waals surface area contributed by atoms with Crippen molar-refractivity contribution in [3.05, 3.63) is 35.4 Å². The Hall–Kier alpha value is -1.49. The Morgan fingerprint density at radius 2 is 2.00 bits per heavy atom. The molecule has 1 N–H and O–H groups in total. The van der Waals surface area contributed by atoms with Crippen molar-refractivity contribution in [3.8, 4) is 0 Å². The number of halogens is 2. The van der Waals surface area contributed by atoms with Gasteiger partial charge in [0.15, 0.2) is 0 Å². The van der Waals surface area contributed by atoms with E-state index in [9.17, 15) is 13.6 Å². The van der Waals surface area contributed by atoms with Gasteiger partial charge in [-0.15, -0.1) is 0 Å². The molecule has 1 atom stereocenters. The monoisotopic (exact) mass is 241 g/mol. The molecule has 1 aliphatic heterocycles. The minimum Gasteiger partial charge on any atom is -0.480 e. The highest BCUT2D eigenvalue weighted by molar-refractivity contribution is 5.73. The zero-order valence-electron chi connectivity index (χ0n) is 9.20. The van der Waals surface area contributed by atoms with Crippen molar-refractivity contribution < 1.29 is 18.7 Å². The molecule has 0 spiro atoms. The SMILES string of the molecule is O=C(O)[C@H]1CCCN1Cc1cc(F)cc(F)c1. The molecule has 92 valence electrons. The van der Waals surface area contributed by atoms with Crippen LogP contribution < -0.4 is 0 Å². The van der Waals surface area contributed by atoms with Gasteiger partial charge in [0.25, 0.3) is 0 Å². The van der Waals surface area contributed by atoms with E-state index in [1.165, 1.54) is 12.1 Å². The first kappa shape index (κ1) is 12.0. The molecular formula is C12H13F2NO2. The van der Waals surface area contributed by atoms with Gasteiger partial charge in [-0.05, 0) is 37.1 Å². The lowest BCUT2D eigenvalue weighted by Gasteiger charge is -2.20. The number of rotatable bonds is 3. The number of hydrogen-bond donors (Lipinski definition) is 1. The minimum atomic E-state index is -0.876. The fourth-order valence-electron chi connectivity index (χ4n) is 2.23. The molecule has 1 saturated heterocycles. The largest absolute Gasteiger partial charge is 0.480 e. The zero-order chi connectivity index (χ0) is 12.4. The summed E-state index contributed by atoms with van der Waals surface area (Å²) in [5, 5.41) is 8.98. The van der Waals surface area contributed by atoms with Crippen molar-refractivity contribution in [1.29, 1.82) is 0 Å². The Balaban J connectivity index is 2.12. The minimum absolute atomic E-state index is 0.269. The molecule has 0 saturated carbocycles. The number of likely N-dealkylation sites (tertiary alicyclic amines) is 1. The van der Waals surface area contributed by atoms with Crippen LogP contribution in [0.25, 0.3) is 0 Å². The molecule has 0 bridgehead atoms. The molecule has 1 fully saturated rings. The summed E-state index contributed by atoms with van der Waals surface area (Å²) >= 11 is 0. The molecule has 0 unspecified atom stereocenters. The van der Waals surface area contributed by atoms with E-state index in [0.29, 0.717) is 18.5 Å². The van der Waals surface area contributed by atoms with Gasteiger partial charge in [0.2, 0.25) is 0 Å². The van der Waals surface area contributed by atoms with E-state index in [0.717, 1.165) is 12.5 Å². The summed E-state index contributed by atoms with van der Waals surface area (Å²) in [4.78, 5) is 12.7. The zero-order valence-corrected chi connectivity index (χ0v) is 9.20. The van der Waals surface area contributed by atoms with Gasteiger partial charge in [0.05, 0.1) is 0 Å². The summed E-state index contributed by atoms with van der Waals surface area (Å²) in [5.41, 5.74) is 0.468. The predicted octanol–water partition coefficient (Wildman–Crippen LogP) is 2.01. The second-order valence-electron chi connectivity index (χ2n) is 4.24. The Bertz CT molecular complexity index is 416. The molecule has 0 aliphatic carbocycles. The lowest BCUT2D eigenvalue weighted by Crippen LogP contribution is -2.35. The maximum absolute atomic E-state index is 13.0. The van der Waals surface area contributed by atoms with Crippen molar-refractivity contribution >= 4 is 5.97 Å². The summed E-state index contributed by atoms with van der Waals surface area (Å²) < 4.78 is 26.0. The molecule has 17 heavy (non-hydrogen) atoms. The molecule has 5 heteroatoms. The summed E-state index contributed by atoms with van der Waals surface area (Å²) in [7, 11) is 0. The van der Waals surface area contributed by atoms with E-state index in [-0.39, 0.29) is 6.54 Å². The van der Waals surface area contributed by atoms with Gasteiger partial charge in [0.1, 0.15) is 17.7 Å². The topological polar surface area (TPSA) is 40.5 Å². The van der Waals surface area contributed by atoms with E-state index in [1.807, 2.05) is 0 Å². The van der Waals surface area contributed by atoms with Gasteiger partial charge in [-0.25, -0.2) is 8.78 Å². The van der Waals surface area contributed by atoms with Gasteiger partial charge >= 0.3 is 5.97 Å². The maximum Gasteiger partial charge on any atom is 0.320 e. The predicted molar refractivity (Wildman–Crippen MR) is 57.4 cm³/mol. The van der Waals surface area contributed by atoms with Gasteiger partial charge in [-0.2, -0.15) is 0 Å². The van der Waals surface area contributed by atoms with Crippen molar-refractivity contribution in [2.45, 2.75) is 25.4 Å². The lowest BCUT2D eigenvalue weighted by molar-refractivity contribution is -0.142. The highest BCUT2D eigenvalue weighted by Gasteiger charge is 2.30. The van der Waals surface area contributed by atoms with Crippen LogP contribution in [0.4, 0.5) is 8.78 Å². The molecular weight excluding hydrogens is 228 g/mol. The molecule has 1 heterocycles. The third kappa shape index (κ3) is 2.79. The number of carbonyl (C=O) groups is 1. The van der Waals surface area contributed by atoms with Gasteiger partial charge in [-0.3, -0.25) is 9.69 Å². The van der Waals surface area contributed by atoms with E-state index in [1.54, 1.807) is 4.90 Å². The van der Waals surface area contributed by atoms with E-state index < -0.39 is 23.6 Å². The second kappa shape index (κ2) is 4.79. The van der Waals surface area contributed by atoms with Crippen molar-refractivity contribution in [2.75, 3.05) is 6.54 Å². The number of carboxylic acids is 1. The fraction of sp³-hybridized carbons (Fsp3) is 0.417. The number of hydrogen-bond acceptors (Lipinski definition) is 2. The standard InChI is InChI=1S/C12H13F2NO2/c13-9-4-8(5-10(14)6-9)7-15-3-1-2-11(15)12(16)17/h4-6,11H,1-3,7H2,(H,16,17)/t11-/m1/s1. The molecule has 0 aromatic heterocycles. The van der Waals surface area contributed by atoms with E-state index in [4.69, 9.17) is 5.11 Å². The smallest absolute Gasteiger partial charge is 0.320 e. The summed E-state index contributed by atoms with van der Waals surface area (Å²) in [6, 6.07) is 2.74. The Morgan fingerprint density at radius 3 is 2.59 bits per heavy atom. The Labute approximate surface area is 97.7 Å². The van der Waals surface area contributed by atoms with E-state index in [2.05, 4.69) is 0 Å². The third-order valence-electron chi connectivity index (χ3n) is 2.96. The van der Waals surface area contributed by atoms with Gasteiger partial charge in [0, 0.05) is 12.6 Å². The highest BCUT2D eigenvalue weighted by Crippen LogP contribution is 2.21. The molecule has 1 aromatic carbocycles. The first-order valence-electron chi connectivity index (χ1n) is 5.48. The third-order valence-corrected chi connectivity index (χ3v) is 2.96. The molecule has 0 amide bonds. The molecule has 1 aliphatic rings. The first-order valence-corrected chi connectivity index (χ1v) is 5.48. The van der Waals surface area contributed by atoms with E-state index >= 15 is 0 Å². The molecule has 1 aromatic rings. The van der Waals surface area contributed by atoms with Gasteiger partial charge in [-0.1, -0.05) is 0 Å². The fourth-order valence-corrected chi connectivity index (χ4v) is 2.23. The quantitative estimate of drug-likeness (QED) is 0.880. The van der Waals surface area contributed by atoms with Gasteiger partial charge < -0.3 is 5.11 Å². The van der Waals surface area contributed by atoms with Crippen LogP contribution >= 0.6 is 0 Å². The van der Waals surface area contributed by atoms with Crippen molar-refractivity contribution in [2.24, 2.45) is 0 Å². The van der Waals surface area contributed by atoms with Crippen LogP contribution in [0.15, 0.2) is 18.2 Å². The Morgan fingerprint density at radius 1 is 1.35 bits per heavy atom.